The highest BCUT2D eigenvalue weighted by Gasteiger charge is 2.17. The minimum atomic E-state index is -0.517. The number of rotatable bonds is 6. The number of halogens is 1. The first-order valence-corrected chi connectivity index (χ1v) is 13.5. The third kappa shape index (κ3) is 5.63. The fourth-order valence-electron chi connectivity index (χ4n) is 4.81. The van der Waals surface area contributed by atoms with Crippen LogP contribution < -0.4 is 15.5 Å². The van der Waals surface area contributed by atoms with E-state index in [2.05, 4.69) is 39.8 Å². The molecule has 35 heavy (non-hydrogen) atoms. The highest BCUT2D eigenvalue weighted by atomic mass is 32.2. The third-order valence-corrected chi connectivity index (χ3v) is 7.77. The quantitative estimate of drug-likeness (QED) is 0.512. The van der Waals surface area contributed by atoms with Crippen LogP contribution in [0.5, 0.6) is 0 Å². The monoisotopic (exact) mass is 490 g/mol. The molecule has 0 aliphatic carbocycles. The summed E-state index contributed by atoms with van der Waals surface area (Å²) in [6.07, 6.45) is 3.54. The summed E-state index contributed by atoms with van der Waals surface area (Å²) < 4.78 is 16.4. The normalized spacial score (nSPS) is 18.6. The largest absolute Gasteiger partial charge is 0.370 e. The second-order valence-electron chi connectivity index (χ2n) is 9.18. The van der Waals surface area contributed by atoms with Gasteiger partial charge in [0.15, 0.2) is 0 Å². The van der Waals surface area contributed by atoms with Gasteiger partial charge in [0.25, 0.3) is 0 Å². The number of nitrogens with zero attached hydrogens (tertiary/aromatic N) is 4. The Balaban J connectivity index is 1.43. The van der Waals surface area contributed by atoms with Crippen molar-refractivity contribution in [2.45, 2.75) is 19.3 Å². The SMILES string of the molecule is N#Cc1ccc(-c2cc(NCC3CCCNCC3)nn2-c2ccc(N3CCSCC3)cc2)cc1F. The van der Waals surface area contributed by atoms with E-state index in [0.717, 1.165) is 67.8 Å². The lowest BCUT2D eigenvalue weighted by atomic mass is 10.0. The highest BCUT2D eigenvalue weighted by Crippen LogP contribution is 2.29. The predicted molar refractivity (Wildman–Crippen MR) is 142 cm³/mol. The van der Waals surface area contributed by atoms with Crippen molar-refractivity contribution < 1.29 is 4.39 Å². The second-order valence-corrected chi connectivity index (χ2v) is 10.4. The number of anilines is 2. The molecule has 2 aliphatic heterocycles. The molecule has 3 heterocycles. The van der Waals surface area contributed by atoms with Crippen LogP contribution in [0.3, 0.4) is 0 Å². The van der Waals surface area contributed by atoms with E-state index in [1.807, 2.05) is 28.6 Å². The van der Waals surface area contributed by atoms with Crippen molar-refractivity contribution in [1.29, 1.82) is 5.26 Å². The van der Waals surface area contributed by atoms with Gasteiger partial charge in [0, 0.05) is 48.5 Å². The van der Waals surface area contributed by atoms with Crippen molar-refractivity contribution in [2.24, 2.45) is 5.92 Å². The molecule has 5 rings (SSSR count). The van der Waals surface area contributed by atoms with Gasteiger partial charge in [-0.05, 0) is 74.7 Å². The van der Waals surface area contributed by atoms with E-state index in [0.29, 0.717) is 11.5 Å². The number of nitrogens with one attached hydrogen (secondary N) is 2. The maximum atomic E-state index is 14.5. The molecule has 1 unspecified atom stereocenters. The van der Waals surface area contributed by atoms with Gasteiger partial charge < -0.3 is 15.5 Å². The zero-order valence-corrected chi connectivity index (χ0v) is 20.7. The lowest BCUT2D eigenvalue weighted by molar-refractivity contribution is 0.496. The van der Waals surface area contributed by atoms with Crippen molar-refractivity contribution in [3.05, 3.63) is 59.9 Å². The highest BCUT2D eigenvalue weighted by molar-refractivity contribution is 7.99. The average Bonchev–Trinajstić information content (AvgIpc) is 3.15. The molecule has 1 aromatic heterocycles. The van der Waals surface area contributed by atoms with E-state index in [1.165, 1.54) is 30.7 Å². The van der Waals surface area contributed by atoms with Crippen LogP contribution in [0.4, 0.5) is 15.9 Å². The second kappa shape index (κ2) is 11.1. The fraction of sp³-hybridized carbons (Fsp3) is 0.407. The Kier molecular flexibility index (Phi) is 7.55. The van der Waals surface area contributed by atoms with Gasteiger partial charge in [-0.3, -0.25) is 0 Å². The third-order valence-electron chi connectivity index (χ3n) is 6.83. The van der Waals surface area contributed by atoms with E-state index in [4.69, 9.17) is 10.4 Å². The van der Waals surface area contributed by atoms with Gasteiger partial charge in [0.2, 0.25) is 0 Å². The number of hydrogen-bond acceptors (Lipinski definition) is 6. The maximum absolute atomic E-state index is 14.5. The van der Waals surface area contributed by atoms with Crippen LogP contribution in [0.2, 0.25) is 0 Å². The zero-order chi connectivity index (χ0) is 24.0. The van der Waals surface area contributed by atoms with Crippen molar-refractivity contribution in [3.63, 3.8) is 0 Å². The van der Waals surface area contributed by atoms with Gasteiger partial charge in [0.05, 0.1) is 16.9 Å². The van der Waals surface area contributed by atoms with E-state index in [-0.39, 0.29) is 5.56 Å². The molecule has 1 atom stereocenters. The van der Waals surface area contributed by atoms with Gasteiger partial charge in [-0.1, -0.05) is 6.07 Å². The van der Waals surface area contributed by atoms with Gasteiger partial charge in [0.1, 0.15) is 17.7 Å². The molecule has 2 saturated heterocycles. The van der Waals surface area contributed by atoms with E-state index >= 15 is 0 Å². The van der Waals surface area contributed by atoms with Gasteiger partial charge >= 0.3 is 0 Å². The van der Waals surface area contributed by atoms with Crippen LogP contribution in [0.15, 0.2) is 48.5 Å². The standard InChI is InChI=1S/C27H31FN6S/c28-25-16-21(3-4-22(25)18-29)26-17-27(31-19-20-2-1-10-30-11-9-20)32-34(26)24-7-5-23(6-8-24)33-12-14-35-15-13-33/h3-8,16-17,20,30H,1-2,9-15,19H2,(H,31,32). The molecule has 2 aliphatic rings. The summed E-state index contributed by atoms with van der Waals surface area (Å²) in [4.78, 5) is 2.41. The molecule has 2 fully saturated rings. The lowest BCUT2D eigenvalue weighted by Crippen LogP contribution is -2.32. The Morgan fingerprint density at radius 1 is 1.06 bits per heavy atom. The molecule has 0 radical (unpaired) electrons. The van der Waals surface area contributed by atoms with Gasteiger partial charge in [-0.25, -0.2) is 9.07 Å². The van der Waals surface area contributed by atoms with E-state index in [9.17, 15) is 4.39 Å². The van der Waals surface area contributed by atoms with Crippen molar-refractivity contribution >= 4 is 23.3 Å². The molecule has 0 saturated carbocycles. The Labute approximate surface area is 210 Å². The first-order chi connectivity index (χ1) is 17.2. The molecule has 6 nitrogen and oxygen atoms in total. The number of thioether (sulfide) groups is 1. The molecular formula is C27H31FN6S. The van der Waals surface area contributed by atoms with Crippen molar-refractivity contribution in [3.8, 4) is 23.0 Å². The number of hydrogen-bond donors (Lipinski definition) is 2. The Morgan fingerprint density at radius 2 is 1.86 bits per heavy atom. The van der Waals surface area contributed by atoms with Gasteiger partial charge in [-0.15, -0.1) is 5.10 Å². The van der Waals surface area contributed by atoms with E-state index in [1.54, 1.807) is 6.07 Å². The molecular weight excluding hydrogens is 459 g/mol. The molecule has 0 bridgehead atoms. The molecule has 2 N–H and O–H groups in total. The smallest absolute Gasteiger partial charge is 0.149 e. The topological polar surface area (TPSA) is 68.9 Å². The Morgan fingerprint density at radius 3 is 2.63 bits per heavy atom. The summed E-state index contributed by atoms with van der Waals surface area (Å²) in [6.45, 7) is 5.13. The summed E-state index contributed by atoms with van der Waals surface area (Å²) in [6, 6.07) is 17.1. The predicted octanol–water partition coefficient (Wildman–Crippen LogP) is 4.90. The van der Waals surface area contributed by atoms with Crippen LogP contribution in [-0.4, -0.2) is 54.0 Å². The minimum absolute atomic E-state index is 0.0455. The molecule has 0 amide bonds. The number of nitriles is 1. The first-order valence-electron chi connectivity index (χ1n) is 12.4. The van der Waals surface area contributed by atoms with Crippen LogP contribution in [0.1, 0.15) is 24.8 Å². The summed E-state index contributed by atoms with van der Waals surface area (Å²) in [5.41, 5.74) is 3.67. The molecule has 0 spiro atoms. The summed E-state index contributed by atoms with van der Waals surface area (Å²) in [7, 11) is 0. The lowest BCUT2D eigenvalue weighted by Gasteiger charge is -2.28. The van der Waals surface area contributed by atoms with Crippen LogP contribution in [-0.2, 0) is 0 Å². The molecule has 3 aromatic rings. The molecule has 8 heteroatoms. The molecule has 2 aromatic carbocycles. The average molecular weight is 491 g/mol. The zero-order valence-electron chi connectivity index (χ0n) is 19.8. The van der Waals surface area contributed by atoms with Crippen molar-refractivity contribution in [2.75, 3.05) is 54.4 Å². The minimum Gasteiger partial charge on any atom is -0.370 e. The Hall–Kier alpha value is -3.02. The van der Waals surface area contributed by atoms with E-state index < -0.39 is 5.82 Å². The summed E-state index contributed by atoms with van der Waals surface area (Å²) in [5.74, 6) is 3.17. The first kappa shape index (κ1) is 23.7. The summed E-state index contributed by atoms with van der Waals surface area (Å²) >= 11 is 2.00. The van der Waals surface area contributed by atoms with Crippen LogP contribution in [0, 0.1) is 23.1 Å². The van der Waals surface area contributed by atoms with Crippen LogP contribution in [0.25, 0.3) is 16.9 Å². The van der Waals surface area contributed by atoms with Gasteiger partial charge in [-0.2, -0.15) is 17.0 Å². The van der Waals surface area contributed by atoms with Crippen LogP contribution >= 0.6 is 11.8 Å². The molecule has 182 valence electrons. The Bertz CT molecular complexity index is 1170. The number of aromatic nitrogens is 2. The fourth-order valence-corrected chi connectivity index (χ4v) is 5.71. The maximum Gasteiger partial charge on any atom is 0.149 e. The van der Waals surface area contributed by atoms with Crippen molar-refractivity contribution in [1.82, 2.24) is 15.1 Å². The number of benzene rings is 2. The summed E-state index contributed by atoms with van der Waals surface area (Å²) in [5, 5.41) is 21.0.